The van der Waals surface area contributed by atoms with Gasteiger partial charge in [-0.3, -0.25) is 0 Å². The largest absolute Gasteiger partial charge is 0.478 e. The molecule has 0 saturated carbocycles. The summed E-state index contributed by atoms with van der Waals surface area (Å²) >= 11 is 6.15. The quantitative estimate of drug-likeness (QED) is 0.919. The van der Waals surface area contributed by atoms with E-state index >= 15 is 0 Å². The molecule has 0 spiro atoms. The normalized spacial score (nSPS) is 19.5. The van der Waals surface area contributed by atoms with Gasteiger partial charge in [0.2, 0.25) is 0 Å². The van der Waals surface area contributed by atoms with E-state index in [1.54, 1.807) is 7.11 Å². The number of halogens is 1. The van der Waals surface area contributed by atoms with Crippen molar-refractivity contribution in [1.29, 1.82) is 0 Å². The van der Waals surface area contributed by atoms with E-state index < -0.39 is 5.97 Å². The highest BCUT2D eigenvalue weighted by molar-refractivity contribution is 6.35. The number of carboxylic acid groups (broad SMARTS) is 1. The number of rotatable bonds is 4. The molecule has 0 aromatic carbocycles. The minimum absolute atomic E-state index is 0.0977. The fraction of sp³-hybridized carbons (Fsp3) is 0.538. The van der Waals surface area contributed by atoms with Crippen LogP contribution in [0.4, 0.5) is 5.82 Å². The summed E-state index contributed by atoms with van der Waals surface area (Å²) in [5, 5.41) is 9.29. The second-order valence-corrected chi connectivity index (χ2v) is 5.09. The van der Waals surface area contributed by atoms with Gasteiger partial charge in [-0.15, -0.1) is 0 Å². The van der Waals surface area contributed by atoms with Crippen molar-refractivity contribution in [3.63, 3.8) is 0 Å². The molecule has 104 valence electrons. The molecule has 0 bridgehead atoms. The third kappa shape index (κ3) is 3.16. The van der Waals surface area contributed by atoms with Crippen LogP contribution in [0.5, 0.6) is 0 Å². The Kier molecular flexibility index (Phi) is 4.61. The van der Waals surface area contributed by atoms with Crippen molar-refractivity contribution in [2.45, 2.75) is 12.8 Å². The van der Waals surface area contributed by atoms with Crippen LogP contribution in [0, 0.1) is 5.92 Å². The van der Waals surface area contributed by atoms with Gasteiger partial charge in [0.05, 0.1) is 17.2 Å². The van der Waals surface area contributed by atoms with Crippen molar-refractivity contribution in [2.24, 2.45) is 5.92 Å². The van der Waals surface area contributed by atoms with Crippen LogP contribution in [-0.2, 0) is 4.74 Å². The van der Waals surface area contributed by atoms with Crippen molar-refractivity contribution in [2.75, 3.05) is 31.7 Å². The van der Waals surface area contributed by atoms with E-state index in [4.69, 9.17) is 21.4 Å². The summed E-state index contributed by atoms with van der Waals surface area (Å²) < 4.78 is 5.18. The van der Waals surface area contributed by atoms with Gasteiger partial charge in [-0.05, 0) is 24.8 Å². The van der Waals surface area contributed by atoms with Crippen LogP contribution in [0.1, 0.15) is 23.2 Å². The summed E-state index contributed by atoms with van der Waals surface area (Å²) in [5.41, 5.74) is 0.0977. The number of methoxy groups -OCH3 is 1. The second kappa shape index (κ2) is 6.21. The molecular formula is C13H17ClN2O3. The van der Waals surface area contributed by atoms with E-state index in [1.807, 2.05) is 4.90 Å². The summed E-state index contributed by atoms with van der Waals surface area (Å²) in [7, 11) is 1.69. The molecule has 2 heterocycles. The Bertz CT molecular complexity index is 465. The molecule has 2 rings (SSSR count). The SMILES string of the molecule is COCC1CCCN(c2nccc(C(=O)O)c2Cl)C1. The van der Waals surface area contributed by atoms with Crippen LogP contribution in [0.3, 0.4) is 0 Å². The third-order valence-corrected chi connectivity index (χ3v) is 3.69. The Morgan fingerprint density at radius 3 is 3.16 bits per heavy atom. The lowest BCUT2D eigenvalue weighted by molar-refractivity contribution is 0.0697. The van der Waals surface area contributed by atoms with Crippen LogP contribution in [-0.4, -0.2) is 42.9 Å². The number of aromatic carboxylic acids is 1. The van der Waals surface area contributed by atoms with E-state index in [0.29, 0.717) is 18.3 Å². The molecule has 1 unspecified atom stereocenters. The molecule has 1 saturated heterocycles. The number of pyridine rings is 1. The molecule has 0 aliphatic carbocycles. The van der Waals surface area contributed by atoms with Gasteiger partial charge in [0.1, 0.15) is 5.82 Å². The zero-order valence-corrected chi connectivity index (χ0v) is 11.6. The third-order valence-electron chi connectivity index (χ3n) is 3.32. The van der Waals surface area contributed by atoms with Gasteiger partial charge >= 0.3 is 5.97 Å². The number of hydrogen-bond donors (Lipinski definition) is 1. The van der Waals surface area contributed by atoms with Gasteiger partial charge < -0.3 is 14.7 Å². The molecule has 1 fully saturated rings. The van der Waals surface area contributed by atoms with Crippen LogP contribution >= 0.6 is 11.6 Å². The van der Waals surface area contributed by atoms with E-state index in [2.05, 4.69) is 4.98 Å². The first kappa shape index (κ1) is 14.1. The molecular weight excluding hydrogens is 268 g/mol. The first-order valence-corrected chi connectivity index (χ1v) is 6.63. The fourth-order valence-electron chi connectivity index (χ4n) is 2.45. The summed E-state index contributed by atoms with van der Waals surface area (Å²) in [4.78, 5) is 17.3. The number of ether oxygens (including phenoxy) is 1. The highest BCUT2D eigenvalue weighted by Gasteiger charge is 2.24. The summed E-state index contributed by atoms with van der Waals surface area (Å²) in [6.45, 7) is 2.34. The molecule has 1 aliphatic rings. The van der Waals surface area contributed by atoms with Gasteiger partial charge in [-0.2, -0.15) is 0 Å². The van der Waals surface area contributed by atoms with Crippen molar-refractivity contribution >= 4 is 23.4 Å². The Labute approximate surface area is 117 Å². The molecule has 0 amide bonds. The molecule has 0 radical (unpaired) electrons. The lowest BCUT2D eigenvalue weighted by Crippen LogP contribution is -2.37. The average molecular weight is 285 g/mol. The Morgan fingerprint density at radius 1 is 1.68 bits per heavy atom. The van der Waals surface area contributed by atoms with Gasteiger partial charge in [-0.1, -0.05) is 11.6 Å². The Morgan fingerprint density at radius 2 is 2.47 bits per heavy atom. The first-order valence-electron chi connectivity index (χ1n) is 6.25. The maximum Gasteiger partial charge on any atom is 0.337 e. The monoisotopic (exact) mass is 284 g/mol. The fourth-order valence-corrected chi connectivity index (χ4v) is 2.76. The molecule has 1 aliphatic heterocycles. The summed E-state index contributed by atoms with van der Waals surface area (Å²) in [5.74, 6) is -0.0356. The summed E-state index contributed by atoms with van der Waals surface area (Å²) in [6.07, 6.45) is 3.63. The van der Waals surface area contributed by atoms with Crippen molar-refractivity contribution < 1.29 is 14.6 Å². The number of anilines is 1. The zero-order valence-electron chi connectivity index (χ0n) is 10.8. The maximum atomic E-state index is 11.1. The van der Waals surface area contributed by atoms with Gasteiger partial charge in [-0.25, -0.2) is 9.78 Å². The number of hydrogen-bond acceptors (Lipinski definition) is 4. The van der Waals surface area contributed by atoms with Crippen LogP contribution in [0.25, 0.3) is 0 Å². The predicted molar refractivity (Wildman–Crippen MR) is 73.0 cm³/mol. The van der Waals surface area contributed by atoms with Gasteiger partial charge in [0, 0.05) is 26.4 Å². The lowest BCUT2D eigenvalue weighted by Gasteiger charge is -2.33. The van der Waals surface area contributed by atoms with Crippen molar-refractivity contribution in [3.8, 4) is 0 Å². The maximum absolute atomic E-state index is 11.1. The molecule has 1 aromatic rings. The van der Waals surface area contributed by atoms with Crippen molar-refractivity contribution in [1.82, 2.24) is 4.98 Å². The molecule has 1 N–H and O–H groups in total. The van der Waals surface area contributed by atoms with Gasteiger partial charge in [0.25, 0.3) is 0 Å². The second-order valence-electron chi connectivity index (χ2n) is 4.71. The molecule has 5 nitrogen and oxygen atoms in total. The van der Waals surface area contributed by atoms with E-state index in [-0.39, 0.29) is 10.6 Å². The Balaban J connectivity index is 2.21. The Hall–Kier alpha value is -1.33. The smallest absolute Gasteiger partial charge is 0.337 e. The van der Waals surface area contributed by atoms with Crippen LogP contribution in [0.15, 0.2) is 12.3 Å². The minimum atomic E-state index is -1.03. The van der Waals surface area contributed by atoms with E-state index in [0.717, 1.165) is 25.9 Å². The molecule has 1 aromatic heterocycles. The standard InChI is InChI=1S/C13H17ClN2O3/c1-19-8-9-3-2-6-16(7-9)12-11(14)10(13(17)18)4-5-15-12/h4-5,9H,2-3,6-8H2,1H3,(H,17,18). The van der Waals surface area contributed by atoms with Crippen LogP contribution in [0.2, 0.25) is 5.02 Å². The van der Waals surface area contributed by atoms with Crippen molar-refractivity contribution in [3.05, 3.63) is 22.8 Å². The number of piperidine rings is 1. The van der Waals surface area contributed by atoms with E-state index in [1.165, 1.54) is 12.3 Å². The minimum Gasteiger partial charge on any atom is -0.478 e. The first-order chi connectivity index (χ1) is 9.13. The number of nitrogens with zero attached hydrogens (tertiary/aromatic N) is 2. The van der Waals surface area contributed by atoms with Crippen LogP contribution < -0.4 is 4.90 Å². The molecule has 19 heavy (non-hydrogen) atoms. The van der Waals surface area contributed by atoms with E-state index in [9.17, 15) is 4.79 Å². The molecule has 1 atom stereocenters. The number of carboxylic acids is 1. The average Bonchev–Trinajstić information content (AvgIpc) is 2.39. The highest BCUT2D eigenvalue weighted by Crippen LogP contribution is 2.30. The summed E-state index contributed by atoms with van der Waals surface area (Å²) in [6, 6.07) is 1.42. The lowest BCUT2D eigenvalue weighted by atomic mass is 9.99. The highest BCUT2D eigenvalue weighted by atomic mass is 35.5. The van der Waals surface area contributed by atoms with Gasteiger partial charge in [0.15, 0.2) is 0 Å². The topological polar surface area (TPSA) is 62.7 Å². The predicted octanol–water partition coefficient (Wildman–Crippen LogP) is 2.30. The number of aromatic nitrogens is 1. The molecule has 6 heteroatoms. The zero-order chi connectivity index (χ0) is 13.8. The number of carbonyl (C=O) groups is 1.